The van der Waals surface area contributed by atoms with Gasteiger partial charge in [-0.3, -0.25) is 10.1 Å². The number of aliphatic hydroxyl groups excluding tert-OH is 1. The molecule has 0 rings (SSSR count). The third kappa shape index (κ3) is 3.15. The maximum absolute atomic E-state index is 10.5. The van der Waals surface area contributed by atoms with E-state index in [1.807, 2.05) is 0 Å². The Kier molecular flexibility index (Phi) is 4.49. The smallest absolute Gasteiger partial charge is 0.321 e. The van der Waals surface area contributed by atoms with Gasteiger partial charge in [0.1, 0.15) is 6.04 Å². The number of carboxylic acid groups (broad SMARTS) is 1. The standard InChI is InChI=1S/C7H13NO3/c1-3-5(2)6(7(10)11)8-4-9/h3,5-6,8-9H,1,4H2,2H3,(H,10,11). The van der Waals surface area contributed by atoms with Crippen LogP contribution in [0.25, 0.3) is 0 Å². The quantitative estimate of drug-likeness (QED) is 0.384. The molecule has 0 aromatic carbocycles. The monoisotopic (exact) mass is 159 g/mol. The molecule has 0 aromatic heterocycles. The molecule has 0 aliphatic rings. The van der Waals surface area contributed by atoms with Crippen LogP contribution in [0.15, 0.2) is 12.7 Å². The average Bonchev–Trinajstić information content (AvgIpc) is 1.98. The number of rotatable bonds is 5. The lowest BCUT2D eigenvalue weighted by Gasteiger charge is -2.16. The summed E-state index contributed by atoms with van der Waals surface area (Å²) in [4.78, 5) is 10.5. The van der Waals surface area contributed by atoms with Gasteiger partial charge in [0.2, 0.25) is 0 Å². The number of carboxylic acids is 1. The summed E-state index contributed by atoms with van der Waals surface area (Å²) in [5.41, 5.74) is 0. The molecule has 64 valence electrons. The van der Waals surface area contributed by atoms with Gasteiger partial charge in [-0.25, -0.2) is 0 Å². The molecule has 0 heterocycles. The van der Waals surface area contributed by atoms with Crippen LogP contribution >= 0.6 is 0 Å². The fraction of sp³-hybridized carbons (Fsp3) is 0.571. The van der Waals surface area contributed by atoms with Crippen molar-refractivity contribution in [1.29, 1.82) is 0 Å². The highest BCUT2D eigenvalue weighted by Gasteiger charge is 2.20. The lowest BCUT2D eigenvalue weighted by atomic mass is 10.0. The second-order valence-electron chi connectivity index (χ2n) is 2.27. The molecule has 0 amide bonds. The largest absolute Gasteiger partial charge is 0.480 e. The van der Waals surface area contributed by atoms with E-state index >= 15 is 0 Å². The molecule has 0 fully saturated rings. The van der Waals surface area contributed by atoms with Crippen molar-refractivity contribution in [3.8, 4) is 0 Å². The first kappa shape index (κ1) is 10.1. The van der Waals surface area contributed by atoms with Crippen molar-refractivity contribution >= 4 is 5.97 Å². The van der Waals surface area contributed by atoms with Crippen molar-refractivity contribution in [3.63, 3.8) is 0 Å². The molecule has 11 heavy (non-hydrogen) atoms. The van der Waals surface area contributed by atoms with Crippen molar-refractivity contribution in [1.82, 2.24) is 5.32 Å². The third-order valence-corrected chi connectivity index (χ3v) is 1.47. The fourth-order valence-electron chi connectivity index (χ4n) is 0.733. The van der Waals surface area contributed by atoms with E-state index in [9.17, 15) is 4.79 Å². The average molecular weight is 159 g/mol. The van der Waals surface area contributed by atoms with Crippen LogP contribution in [0.1, 0.15) is 6.92 Å². The maximum Gasteiger partial charge on any atom is 0.321 e. The molecule has 0 saturated heterocycles. The summed E-state index contributed by atoms with van der Waals surface area (Å²) >= 11 is 0. The van der Waals surface area contributed by atoms with Crippen LogP contribution in [0.3, 0.4) is 0 Å². The van der Waals surface area contributed by atoms with Crippen molar-refractivity contribution in [2.45, 2.75) is 13.0 Å². The number of hydrogen-bond donors (Lipinski definition) is 3. The summed E-state index contributed by atoms with van der Waals surface area (Å²) in [6, 6.07) is -0.752. The Labute approximate surface area is 65.5 Å². The highest BCUT2D eigenvalue weighted by molar-refractivity contribution is 5.74. The van der Waals surface area contributed by atoms with Crippen molar-refractivity contribution < 1.29 is 15.0 Å². The Morgan fingerprint density at radius 3 is 2.64 bits per heavy atom. The van der Waals surface area contributed by atoms with Gasteiger partial charge in [0.25, 0.3) is 0 Å². The first-order chi connectivity index (χ1) is 5.13. The number of carbonyl (C=O) groups is 1. The number of aliphatic hydroxyl groups is 1. The zero-order chi connectivity index (χ0) is 8.85. The molecular weight excluding hydrogens is 146 g/mol. The summed E-state index contributed by atoms with van der Waals surface area (Å²) in [5, 5.41) is 19.4. The molecule has 2 unspecified atom stereocenters. The summed E-state index contributed by atoms with van der Waals surface area (Å²) in [6.45, 7) is 4.84. The second-order valence-corrected chi connectivity index (χ2v) is 2.27. The zero-order valence-electron chi connectivity index (χ0n) is 6.45. The molecule has 0 saturated carbocycles. The fourth-order valence-corrected chi connectivity index (χ4v) is 0.733. The molecule has 0 radical (unpaired) electrons. The molecule has 4 nitrogen and oxygen atoms in total. The van der Waals surface area contributed by atoms with E-state index < -0.39 is 12.0 Å². The Morgan fingerprint density at radius 1 is 1.82 bits per heavy atom. The van der Waals surface area contributed by atoms with Gasteiger partial charge < -0.3 is 10.2 Å². The third-order valence-electron chi connectivity index (χ3n) is 1.47. The van der Waals surface area contributed by atoms with E-state index in [2.05, 4.69) is 11.9 Å². The summed E-state index contributed by atoms with van der Waals surface area (Å²) in [7, 11) is 0. The Balaban J connectivity index is 4.08. The molecular formula is C7H13NO3. The predicted molar refractivity (Wildman–Crippen MR) is 41.0 cm³/mol. The topological polar surface area (TPSA) is 69.6 Å². The van der Waals surface area contributed by atoms with Crippen LogP contribution in [0.2, 0.25) is 0 Å². The van der Waals surface area contributed by atoms with Crippen LogP contribution in [0, 0.1) is 5.92 Å². The molecule has 4 heteroatoms. The van der Waals surface area contributed by atoms with Gasteiger partial charge in [-0.1, -0.05) is 13.0 Å². The minimum Gasteiger partial charge on any atom is -0.480 e. The molecule has 3 N–H and O–H groups in total. The molecule has 0 aliphatic carbocycles. The van der Waals surface area contributed by atoms with Crippen molar-refractivity contribution in [2.75, 3.05) is 6.73 Å². The summed E-state index contributed by atoms with van der Waals surface area (Å²) in [5.74, 6) is -1.17. The van der Waals surface area contributed by atoms with Crippen LogP contribution in [0.5, 0.6) is 0 Å². The Hall–Kier alpha value is -0.870. The first-order valence-electron chi connectivity index (χ1n) is 3.33. The minimum absolute atomic E-state index is 0.195. The molecule has 2 atom stereocenters. The second kappa shape index (κ2) is 4.87. The van der Waals surface area contributed by atoms with Crippen LogP contribution in [-0.2, 0) is 4.79 Å². The number of aliphatic carboxylic acids is 1. The first-order valence-corrected chi connectivity index (χ1v) is 3.33. The van der Waals surface area contributed by atoms with E-state index in [0.717, 1.165) is 0 Å². The van der Waals surface area contributed by atoms with Gasteiger partial charge in [-0.15, -0.1) is 6.58 Å². The summed E-state index contributed by atoms with van der Waals surface area (Å²) in [6.07, 6.45) is 1.53. The normalized spacial score (nSPS) is 15.5. The van der Waals surface area contributed by atoms with Crippen LogP contribution in [0.4, 0.5) is 0 Å². The SMILES string of the molecule is C=CC(C)C(NCO)C(=O)O. The lowest BCUT2D eigenvalue weighted by molar-refractivity contribution is -0.140. The van der Waals surface area contributed by atoms with E-state index in [0.29, 0.717) is 0 Å². The van der Waals surface area contributed by atoms with Gasteiger partial charge in [0.15, 0.2) is 0 Å². The highest BCUT2D eigenvalue weighted by atomic mass is 16.4. The van der Waals surface area contributed by atoms with Gasteiger partial charge in [0.05, 0.1) is 6.73 Å². The van der Waals surface area contributed by atoms with E-state index in [4.69, 9.17) is 10.2 Å². The molecule has 0 aromatic rings. The number of hydrogen-bond acceptors (Lipinski definition) is 3. The molecule has 0 spiro atoms. The summed E-state index contributed by atoms with van der Waals surface area (Å²) < 4.78 is 0. The van der Waals surface area contributed by atoms with Gasteiger partial charge in [0, 0.05) is 0 Å². The van der Waals surface area contributed by atoms with Crippen molar-refractivity contribution in [2.24, 2.45) is 5.92 Å². The van der Waals surface area contributed by atoms with Crippen LogP contribution in [-0.4, -0.2) is 29.0 Å². The van der Waals surface area contributed by atoms with Gasteiger partial charge in [-0.05, 0) is 5.92 Å². The lowest BCUT2D eigenvalue weighted by Crippen LogP contribution is -2.41. The predicted octanol–water partition coefficient (Wildman–Crippen LogP) is -0.199. The van der Waals surface area contributed by atoms with E-state index in [1.165, 1.54) is 6.08 Å². The van der Waals surface area contributed by atoms with Gasteiger partial charge >= 0.3 is 5.97 Å². The number of nitrogens with one attached hydrogen (secondary N) is 1. The van der Waals surface area contributed by atoms with E-state index in [1.54, 1.807) is 6.92 Å². The molecule has 0 aliphatic heterocycles. The maximum atomic E-state index is 10.5. The van der Waals surface area contributed by atoms with Crippen LogP contribution < -0.4 is 5.32 Å². The highest BCUT2D eigenvalue weighted by Crippen LogP contribution is 2.03. The van der Waals surface area contributed by atoms with E-state index in [-0.39, 0.29) is 12.6 Å². The van der Waals surface area contributed by atoms with Crippen molar-refractivity contribution in [3.05, 3.63) is 12.7 Å². The molecule has 0 bridgehead atoms. The Morgan fingerprint density at radius 2 is 2.36 bits per heavy atom. The zero-order valence-corrected chi connectivity index (χ0v) is 6.45. The minimum atomic E-state index is -0.980. The Bertz CT molecular complexity index is 147. The van der Waals surface area contributed by atoms with Gasteiger partial charge in [-0.2, -0.15) is 0 Å².